The normalized spacial score (nSPS) is 25.7. The predicted molar refractivity (Wildman–Crippen MR) is 182 cm³/mol. The summed E-state index contributed by atoms with van der Waals surface area (Å²) in [6.45, 7) is 15.0. The molecule has 0 spiro atoms. The van der Waals surface area contributed by atoms with Gasteiger partial charge in [-0.3, -0.25) is 0 Å². The summed E-state index contributed by atoms with van der Waals surface area (Å²) in [6, 6.07) is 10.8. The average Bonchev–Trinajstić information content (AvgIpc) is 3.50. The molecule has 4 heteroatoms. The second-order valence-corrected chi connectivity index (χ2v) is 16.0. The Balaban J connectivity index is 0.000000589. The second-order valence-electron chi connectivity index (χ2n) is 12.3. The summed E-state index contributed by atoms with van der Waals surface area (Å²) >= 11 is -0.826. The summed E-state index contributed by atoms with van der Waals surface area (Å²) < 4.78 is 0. The third kappa shape index (κ3) is 11.1. The molecule has 4 rings (SSSR count). The van der Waals surface area contributed by atoms with Gasteiger partial charge in [-0.25, -0.2) is 0 Å². The van der Waals surface area contributed by atoms with E-state index in [0.29, 0.717) is 23.7 Å². The van der Waals surface area contributed by atoms with Crippen molar-refractivity contribution >= 4 is 17.0 Å². The number of rotatable bonds is 12. The zero-order valence-electron chi connectivity index (χ0n) is 26.2. The molecule has 1 N–H and O–H groups in total. The standard InChI is InChI=1S/C32H43O.C6H11.2ClH.Zr/c1-5-7-10-23-31(33)32(24-8-6-2,27-18-11-9-12-19-27)26(4)29-21-15-16-22-30(29)28-20-14-13-17-25(28)3;1-6-4-2-3-5-6;;;/h6,9,11-22,25-26,28-31,33H,1-2,5,7-8,10,23-24H2,3-4H3;2-5H2,1H3;2*1H;/q2*-1;;;+4/p-2. The maximum absolute atomic E-state index is 11.9. The number of hydrogen-bond acceptors (Lipinski definition) is 1. The van der Waals surface area contributed by atoms with Crippen molar-refractivity contribution < 1.29 is 26.0 Å². The van der Waals surface area contributed by atoms with Crippen LogP contribution in [0.1, 0.15) is 90.5 Å². The van der Waals surface area contributed by atoms with E-state index in [4.69, 9.17) is 17.0 Å². The summed E-state index contributed by atoms with van der Waals surface area (Å²) in [5.41, 5.74) is 0.933. The van der Waals surface area contributed by atoms with E-state index in [1.807, 2.05) is 6.08 Å². The van der Waals surface area contributed by atoms with Gasteiger partial charge < -0.3 is 17.9 Å². The van der Waals surface area contributed by atoms with Gasteiger partial charge >= 0.3 is 37.9 Å². The van der Waals surface area contributed by atoms with Crippen molar-refractivity contribution in [1.82, 2.24) is 0 Å². The summed E-state index contributed by atoms with van der Waals surface area (Å²) in [6.07, 6.45) is 31.2. The van der Waals surface area contributed by atoms with Gasteiger partial charge in [0.25, 0.3) is 0 Å². The van der Waals surface area contributed by atoms with E-state index in [9.17, 15) is 5.11 Å². The summed E-state index contributed by atoms with van der Waals surface area (Å²) in [7, 11) is 9.87. The zero-order chi connectivity index (χ0) is 30.8. The van der Waals surface area contributed by atoms with Crippen LogP contribution in [0.4, 0.5) is 0 Å². The quantitative estimate of drug-likeness (QED) is 0.132. The number of aliphatic hydroxyl groups excluding tert-OH is 1. The molecule has 42 heavy (non-hydrogen) atoms. The van der Waals surface area contributed by atoms with Gasteiger partial charge in [-0.2, -0.15) is 26.2 Å². The number of hydrogen-bond donors (Lipinski definition) is 1. The van der Waals surface area contributed by atoms with E-state index in [0.717, 1.165) is 38.5 Å². The van der Waals surface area contributed by atoms with Gasteiger partial charge in [-0.05, 0) is 54.4 Å². The van der Waals surface area contributed by atoms with E-state index in [-0.39, 0.29) is 11.3 Å². The van der Waals surface area contributed by atoms with Crippen molar-refractivity contribution in [1.29, 1.82) is 0 Å². The topological polar surface area (TPSA) is 20.2 Å². The number of halogens is 2. The van der Waals surface area contributed by atoms with Crippen molar-refractivity contribution in [2.75, 3.05) is 0 Å². The molecule has 7 unspecified atom stereocenters. The second kappa shape index (κ2) is 21.1. The van der Waals surface area contributed by atoms with Crippen molar-refractivity contribution in [3.05, 3.63) is 110 Å². The number of aliphatic hydroxyl groups is 1. The molecule has 0 bridgehead atoms. The molecule has 3 aliphatic rings. The van der Waals surface area contributed by atoms with Gasteiger partial charge in [0.1, 0.15) is 0 Å². The minimum atomic E-state index is -0.826. The zero-order valence-corrected chi connectivity index (χ0v) is 30.2. The predicted octanol–water partition coefficient (Wildman–Crippen LogP) is 11.6. The molecule has 230 valence electrons. The van der Waals surface area contributed by atoms with Crippen molar-refractivity contribution in [2.45, 2.75) is 96.5 Å². The van der Waals surface area contributed by atoms with E-state index >= 15 is 0 Å². The Labute approximate surface area is 277 Å². The first-order chi connectivity index (χ1) is 20.4. The van der Waals surface area contributed by atoms with E-state index in [2.05, 4.69) is 113 Å². The number of unbranched alkanes of at least 4 members (excludes halogenated alkanes) is 2. The third-order valence-electron chi connectivity index (χ3n) is 9.63. The van der Waals surface area contributed by atoms with Crippen LogP contribution in [0.5, 0.6) is 0 Å². The number of benzene rings is 1. The molecular formula is C38H54Cl2OZr. The Morgan fingerprint density at radius 3 is 2.17 bits per heavy atom. The molecule has 0 aromatic heterocycles. The molecule has 0 radical (unpaired) electrons. The van der Waals surface area contributed by atoms with Crippen molar-refractivity contribution in [2.24, 2.45) is 29.6 Å². The Morgan fingerprint density at radius 1 is 1.02 bits per heavy atom. The molecule has 0 aliphatic heterocycles. The van der Waals surface area contributed by atoms with Crippen LogP contribution in [0.3, 0.4) is 0 Å². The average molecular weight is 689 g/mol. The molecule has 1 aromatic rings. The Hall–Kier alpha value is -0.657. The molecular weight excluding hydrogens is 635 g/mol. The third-order valence-corrected chi connectivity index (χ3v) is 9.63. The molecule has 0 heterocycles. The molecule has 0 amide bonds. The Morgan fingerprint density at radius 2 is 1.62 bits per heavy atom. The van der Waals surface area contributed by atoms with Crippen LogP contribution >= 0.6 is 17.0 Å². The van der Waals surface area contributed by atoms with Crippen LogP contribution in [0.2, 0.25) is 0 Å². The van der Waals surface area contributed by atoms with Crippen molar-refractivity contribution in [3.8, 4) is 0 Å². The van der Waals surface area contributed by atoms with Gasteiger partial charge in [0.05, 0.1) is 6.10 Å². The molecule has 3 aliphatic carbocycles. The van der Waals surface area contributed by atoms with Crippen LogP contribution < -0.4 is 0 Å². The maximum atomic E-state index is 11.9. The summed E-state index contributed by atoms with van der Waals surface area (Å²) in [4.78, 5) is 0. The van der Waals surface area contributed by atoms with Crippen LogP contribution in [0.15, 0.2) is 91.6 Å². The first-order valence-corrected chi connectivity index (χ1v) is 22.3. The molecule has 1 saturated carbocycles. The monoisotopic (exact) mass is 686 g/mol. The van der Waals surface area contributed by atoms with Gasteiger partial charge in [0, 0.05) is 5.41 Å². The first-order valence-electron chi connectivity index (χ1n) is 16.0. The fraction of sp³-hybridized carbons (Fsp3) is 0.526. The van der Waals surface area contributed by atoms with Gasteiger partial charge in [0.2, 0.25) is 0 Å². The van der Waals surface area contributed by atoms with Crippen LogP contribution in [-0.2, 0) is 26.3 Å². The summed E-state index contributed by atoms with van der Waals surface area (Å²) in [5, 5.41) is 11.9. The Bertz CT molecular complexity index is 980. The van der Waals surface area contributed by atoms with Gasteiger partial charge in [-0.1, -0.05) is 125 Å². The summed E-state index contributed by atoms with van der Waals surface area (Å²) in [5.74, 6) is 3.72. The first kappa shape index (κ1) is 37.5. The molecule has 1 nitrogen and oxygen atoms in total. The van der Waals surface area contributed by atoms with Crippen molar-refractivity contribution in [3.63, 3.8) is 0 Å². The fourth-order valence-corrected chi connectivity index (χ4v) is 7.22. The van der Waals surface area contributed by atoms with Gasteiger partial charge in [0.15, 0.2) is 0 Å². The number of allylic oxidation sites excluding steroid dienone is 9. The van der Waals surface area contributed by atoms with Crippen LogP contribution in [0.25, 0.3) is 0 Å². The fourth-order valence-electron chi connectivity index (χ4n) is 7.22. The van der Waals surface area contributed by atoms with Gasteiger partial charge in [-0.15, -0.1) is 6.58 Å². The van der Waals surface area contributed by atoms with E-state index in [1.165, 1.54) is 31.2 Å². The van der Waals surface area contributed by atoms with Crippen LogP contribution in [0, 0.1) is 42.4 Å². The minimum absolute atomic E-state index is 0.271. The Kier molecular flexibility index (Phi) is 18.9. The SMILES string of the molecule is C=CCCC(c1ccccc1)(C(O)CCCC[CH2-])C(C)C1C=CC=CC1C1C=CC=CC1C.C[C-]1CCCC1.[Cl][Zr+2][Cl]. The van der Waals surface area contributed by atoms with E-state index < -0.39 is 27.0 Å². The van der Waals surface area contributed by atoms with E-state index in [1.54, 1.807) is 5.92 Å². The molecule has 7 atom stereocenters. The molecule has 1 aromatic carbocycles. The molecule has 1 fully saturated rings. The van der Waals surface area contributed by atoms with Crippen LogP contribution in [-0.4, -0.2) is 11.2 Å². The molecule has 0 saturated heterocycles.